The molecule has 3 nitrogen and oxygen atoms in total. The lowest BCUT2D eigenvalue weighted by Crippen LogP contribution is -2.14. The van der Waals surface area contributed by atoms with Crippen LogP contribution in [0.2, 0.25) is 0 Å². The van der Waals surface area contributed by atoms with Gasteiger partial charge in [0.2, 0.25) is 5.91 Å². The number of hydrogen-bond donors (Lipinski definition) is 2. The molecule has 0 fully saturated rings. The van der Waals surface area contributed by atoms with E-state index in [-0.39, 0.29) is 5.91 Å². The highest BCUT2D eigenvalue weighted by Gasteiger charge is 2.09. The standard InChI is InChI=1S/C16H24N2O/c1-2-3-4-5-8-16(19)18-14-10-9-13-7-6-11-17-15(13)12-14/h9-10,12,17H,2-8,11H2,1H3,(H,18,19). The minimum Gasteiger partial charge on any atom is -0.385 e. The van der Waals surface area contributed by atoms with Gasteiger partial charge in [0.1, 0.15) is 0 Å². The summed E-state index contributed by atoms with van der Waals surface area (Å²) in [5, 5.41) is 6.37. The molecule has 0 saturated carbocycles. The fraction of sp³-hybridized carbons (Fsp3) is 0.562. The zero-order valence-corrected chi connectivity index (χ0v) is 11.8. The number of unbranched alkanes of at least 4 members (excludes halogenated alkanes) is 3. The van der Waals surface area contributed by atoms with E-state index in [0.29, 0.717) is 6.42 Å². The number of carbonyl (C=O) groups excluding carboxylic acids is 1. The highest BCUT2D eigenvalue weighted by molar-refractivity contribution is 5.91. The quantitative estimate of drug-likeness (QED) is 0.760. The summed E-state index contributed by atoms with van der Waals surface area (Å²) in [6.07, 6.45) is 7.51. The summed E-state index contributed by atoms with van der Waals surface area (Å²) in [5.41, 5.74) is 3.44. The molecule has 1 aromatic carbocycles. The minimum atomic E-state index is 0.131. The molecule has 0 unspecified atom stereocenters. The maximum absolute atomic E-state index is 11.8. The molecule has 0 radical (unpaired) electrons. The lowest BCUT2D eigenvalue weighted by Gasteiger charge is -2.18. The van der Waals surface area contributed by atoms with E-state index in [4.69, 9.17) is 0 Å². The molecule has 0 aromatic heterocycles. The molecule has 0 atom stereocenters. The Morgan fingerprint density at radius 2 is 2.21 bits per heavy atom. The number of anilines is 2. The summed E-state index contributed by atoms with van der Waals surface area (Å²) in [7, 11) is 0. The number of hydrogen-bond acceptors (Lipinski definition) is 2. The van der Waals surface area contributed by atoms with Crippen molar-refractivity contribution in [3.63, 3.8) is 0 Å². The van der Waals surface area contributed by atoms with Gasteiger partial charge < -0.3 is 10.6 Å². The molecule has 3 heteroatoms. The third kappa shape index (κ3) is 4.27. The van der Waals surface area contributed by atoms with Crippen LogP contribution < -0.4 is 10.6 Å². The number of fused-ring (bicyclic) bond motifs is 1. The SMILES string of the molecule is CCCCCCC(=O)Nc1ccc2c(c1)NCCC2. The Morgan fingerprint density at radius 3 is 3.05 bits per heavy atom. The van der Waals surface area contributed by atoms with Crippen LogP contribution in [0.4, 0.5) is 11.4 Å². The molecule has 1 aromatic rings. The topological polar surface area (TPSA) is 41.1 Å². The molecule has 1 aliphatic rings. The third-order valence-electron chi connectivity index (χ3n) is 3.59. The molecular weight excluding hydrogens is 236 g/mol. The van der Waals surface area contributed by atoms with Crippen molar-refractivity contribution < 1.29 is 4.79 Å². The molecule has 2 rings (SSSR count). The van der Waals surface area contributed by atoms with Crippen molar-refractivity contribution in [1.82, 2.24) is 0 Å². The van der Waals surface area contributed by atoms with E-state index in [1.54, 1.807) is 0 Å². The second-order valence-corrected chi connectivity index (χ2v) is 5.26. The van der Waals surface area contributed by atoms with Crippen LogP contribution in [0.1, 0.15) is 51.0 Å². The first kappa shape index (κ1) is 13.9. The van der Waals surface area contributed by atoms with Crippen LogP contribution in [0.25, 0.3) is 0 Å². The third-order valence-corrected chi connectivity index (χ3v) is 3.59. The second kappa shape index (κ2) is 7.17. The van der Waals surface area contributed by atoms with Crippen LogP contribution >= 0.6 is 0 Å². The van der Waals surface area contributed by atoms with E-state index in [2.05, 4.69) is 29.7 Å². The Balaban J connectivity index is 1.83. The Morgan fingerprint density at radius 1 is 1.32 bits per heavy atom. The Bertz CT molecular complexity index is 429. The maximum atomic E-state index is 11.8. The maximum Gasteiger partial charge on any atom is 0.224 e. The number of rotatable bonds is 6. The summed E-state index contributed by atoms with van der Waals surface area (Å²) < 4.78 is 0. The van der Waals surface area contributed by atoms with Gasteiger partial charge in [-0.05, 0) is 37.0 Å². The Hall–Kier alpha value is -1.51. The van der Waals surface area contributed by atoms with Crippen LogP contribution in [0.3, 0.4) is 0 Å². The zero-order chi connectivity index (χ0) is 13.5. The first-order chi connectivity index (χ1) is 9.29. The molecular formula is C16H24N2O. The molecule has 0 bridgehead atoms. The Labute approximate surface area is 115 Å². The van der Waals surface area contributed by atoms with Crippen molar-refractivity contribution in [3.8, 4) is 0 Å². The number of amides is 1. The van der Waals surface area contributed by atoms with Crippen molar-refractivity contribution in [3.05, 3.63) is 23.8 Å². The summed E-state index contributed by atoms with van der Waals surface area (Å²) in [6, 6.07) is 6.18. The van der Waals surface area contributed by atoms with Gasteiger partial charge in [-0.2, -0.15) is 0 Å². The predicted molar refractivity (Wildman–Crippen MR) is 80.6 cm³/mol. The van der Waals surface area contributed by atoms with Crippen molar-refractivity contribution in [2.24, 2.45) is 0 Å². The van der Waals surface area contributed by atoms with E-state index in [0.717, 1.165) is 31.5 Å². The number of benzene rings is 1. The summed E-state index contributed by atoms with van der Waals surface area (Å²) in [6.45, 7) is 3.21. The van der Waals surface area contributed by atoms with Crippen LogP contribution in [0.15, 0.2) is 18.2 Å². The minimum absolute atomic E-state index is 0.131. The zero-order valence-electron chi connectivity index (χ0n) is 11.8. The van der Waals surface area contributed by atoms with E-state index in [9.17, 15) is 4.79 Å². The van der Waals surface area contributed by atoms with Crippen LogP contribution in [-0.4, -0.2) is 12.5 Å². The molecule has 0 aliphatic carbocycles. The first-order valence-electron chi connectivity index (χ1n) is 7.46. The average molecular weight is 260 g/mol. The number of carbonyl (C=O) groups is 1. The van der Waals surface area contributed by atoms with Crippen LogP contribution in [0, 0.1) is 0 Å². The van der Waals surface area contributed by atoms with Gasteiger partial charge >= 0.3 is 0 Å². The van der Waals surface area contributed by atoms with Gasteiger partial charge in [-0.3, -0.25) is 4.79 Å². The molecule has 0 spiro atoms. The van der Waals surface area contributed by atoms with Gasteiger partial charge in [0, 0.05) is 24.3 Å². The number of nitrogens with one attached hydrogen (secondary N) is 2. The first-order valence-corrected chi connectivity index (χ1v) is 7.46. The van der Waals surface area contributed by atoms with Crippen molar-refractivity contribution in [2.75, 3.05) is 17.2 Å². The monoisotopic (exact) mass is 260 g/mol. The lowest BCUT2D eigenvalue weighted by molar-refractivity contribution is -0.116. The summed E-state index contributed by atoms with van der Waals surface area (Å²) in [5.74, 6) is 0.131. The van der Waals surface area contributed by atoms with Gasteiger partial charge in [-0.15, -0.1) is 0 Å². The summed E-state index contributed by atoms with van der Waals surface area (Å²) >= 11 is 0. The largest absolute Gasteiger partial charge is 0.385 e. The smallest absolute Gasteiger partial charge is 0.224 e. The molecule has 2 N–H and O–H groups in total. The molecule has 19 heavy (non-hydrogen) atoms. The second-order valence-electron chi connectivity index (χ2n) is 5.26. The fourth-order valence-corrected chi connectivity index (χ4v) is 2.47. The molecule has 1 aliphatic heterocycles. The van der Waals surface area contributed by atoms with Crippen molar-refractivity contribution in [2.45, 2.75) is 51.9 Å². The van der Waals surface area contributed by atoms with Gasteiger partial charge in [0.05, 0.1) is 0 Å². The molecule has 1 amide bonds. The highest BCUT2D eigenvalue weighted by Crippen LogP contribution is 2.25. The van der Waals surface area contributed by atoms with Gasteiger partial charge in [-0.1, -0.05) is 32.3 Å². The molecule has 1 heterocycles. The van der Waals surface area contributed by atoms with Gasteiger partial charge in [0.25, 0.3) is 0 Å². The molecule has 104 valence electrons. The van der Waals surface area contributed by atoms with E-state index < -0.39 is 0 Å². The average Bonchev–Trinajstić information content (AvgIpc) is 2.43. The van der Waals surface area contributed by atoms with Gasteiger partial charge in [0.15, 0.2) is 0 Å². The van der Waals surface area contributed by atoms with Crippen molar-refractivity contribution >= 4 is 17.3 Å². The van der Waals surface area contributed by atoms with Crippen molar-refractivity contribution in [1.29, 1.82) is 0 Å². The van der Waals surface area contributed by atoms with E-state index in [1.807, 2.05) is 6.07 Å². The van der Waals surface area contributed by atoms with E-state index >= 15 is 0 Å². The predicted octanol–water partition coefficient (Wildman–Crippen LogP) is 3.95. The highest BCUT2D eigenvalue weighted by atomic mass is 16.1. The fourth-order valence-electron chi connectivity index (χ4n) is 2.47. The molecule has 0 saturated heterocycles. The van der Waals surface area contributed by atoms with Crippen LogP contribution in [0.5, 0.6) is 0 Å². The number of aryl methyl sites for hydroxylation is 1. The van der Waals surface area contributed by atoms with E-state index in [1.165, 1.54) is 30.5 Å². The normalized spacial score (nSPS) is 13.5. The lowest BCUT2D eigenvalue weighted by atomic mass is 10.0. The van der Waals surface area contributed by atoms with Crippen LogP contribution in [-0.2, 0) is 11.2 Å². The summed E-state index contributed by atoms with van der Waals surface area (Å²) in [4.78, 5) is 11.8. The van der Waals surface area contributed by atoms with Gasteiger partial charge in [-0.25, -0.2) is 0 Å². The Kier molecular flexibility index (Phi) is 5.25.